The Bertz CT molecular complexity index is 863. The highest BCUT2D eigenvalue weighted by molar-refractivity contribution is 5.94. The molecule has 1 aliphatic rings. The number of carbonyl (C=O) groups is 2. The van der Waals surface area contributed by atoms with Crippen molar-refractivity contribution in [3.05, 3.63) is 71.8 Å². The third kappa shape index (κ3) is 5.88. The van der Waals surface area contributed by atoms with Crippen molar-refractivity contribution in [2.24, 2.45) is 0 Å². The molecular formula is C22H22F2N2O3. The Labute approximate surface area is 168 Å². The molecule has 0 aliphatic carbocycles. The molecule has 3 rings (SSSR count). The van der Waals surface area contributed by atoms with Crippen LogP contribution in [-0.4, -0.2) is 42.5 Å². The first-order valence-electron chi connectivity index (χ1n) is 9.39. The monoisotopic (exact) mass is 400 g/mol. The topological polar surface area (TPSA) is 58.6 Å². The van der Waals surface area contributed by atoms with Gasteiger partial charge in [0.1, 0.15) is 5.75 Å². The Morgan fingerprint density at radius 1 is 1.03 bits per heavy atom. The van der Waals surface area contributed by atoms with Gasteiger partial charge >= 0.3 is 6.61 Å². The SMILES string of the molecule is O=C(NC1CCN(C(=O)/C=C/c2ccccc2OC(F)F)CC1)c1ccccc1. The highest BCUT2D eigenvalue weighted by atomic mass is 19.3. The molecule has 2 amide bonds. The predicted octanol–water partition coefficient (Wildman–Crippen LogP) is 3.72. The van der Waals surface area contributed by atoms with E-state index in [1.807, 2.05) is 18.2 Å². The van der Waals surface area contributed by atoms with Crippen LogP contribution in [0.2, 0.25) is 0 Å². The Balaban J connectivity index is 1.51. The maximum atomic E-state index is 12.5. The van der Waals surface area contributed by atoms with Crippen LogP contribution in [-0.2, 0) is 4.79 Å². The fourth-order valence-corrected chi connectivity index (χ4v) is 3.19. The molecule has 0 radical (unpaired) electrons. The Kier molecular flexibility index (Phi) is 6.94. The van der Waals surface area contributed by atoms with Gasteiger partial charge in [-0.05, 0) is 37.1 Å². The first kappa shape index (κ1) is 20.5. The van der Waals surface area contributed by atoms with E-state index in [4.69, 9.17) is 0 Å². The third-order valence-electron chi connectivity index (χ3n) is 4.72. The van der Waals surface area contributed by atoms with E-state index in [0.29, 0.717) is 37.1 Å². The first-order valence-corrected chi connectivity index (χ1v) is 9.39. The van der Waals surface area contributed by atoms with Crippen molar-refractivity contribution in [1.82, 2.24) is 10.2 Å². The minimum atomic E-state index is -2.93. The second-order valence-electron chi connectivity index (χ2n) is 6.69. The molecule has 29 heavy (non-hydrogen) atoms. The molecule has 2 aromatic rings. The molecule has 1 aliphatic heterocycles. The molecular weight excluding hydrogens is 378 g/mol. The van der Waals surface area contributed by atoms with Crippen LogP contribution in [0.3, 0.4) is 0 Å². The van der Waals surface area contributed by atoms with Gasteiger partial charge in [-0.2, -0.15) is 8.78 Å². The number of halogens is 2. The summed E-state index contributed by atoms with van der Waals surface area (Å²) in [5.41, 5.74) is 1.02. The van der Waals surface area contributed by atoms with Crippen LogP contribution in [0.25, 0.3) is 6.08 Å². The second kappa shape index (κ2) is 9.82. The van der Waals surface area contributed by atoms with Gasteiger partial charge in [0.2, 0.25) is 5.91 Å². The number of para-hydroxylation sites is 1. The zero-order valence-electron chi connectivity index (χ0n) is 15.8. The maximum absolute atomic E-state index is 12.5. The number of amides is 2. The summed E-state index contributed by atoms with van der Waals surface area (Å²) in [6.45, 7) is -1.90. The lowest BCUT2D eigenvalue weighted by Gasteiger charge is -2.31. The van der Waals surface area contributed by atoms with Gasteiger partial charge in [0, 0.05) is 36.3 Å². The molecule has 5 nitrogen and oxygen atoms in total. The molecule has 152 valence electrons. The van der Waals surface area contributed by atoms with Gasteiger partial charge in [0.05, 0.1) is 0 Å². The first-order chi connectivity index (χ1) is 14.0. The molecule has 1 fully saturated rings. The van der Waals surface area contributed by atoms with Crippen molar-refractivity contribution in [1.29, 1.82) is 0 Å². The van der Waals surface area contributed by atoms with E-state index in [1.54, 1.807) is 35.2 Å². The lowest BCUT2D eigenvalue weighted by molar-refractivity contribution is -0.127. The minimum Gasteiger partial charge on any atom is -0.434 e. The van der Waals surface area contributed by atoms with E-state index < -0.39 is 6.61 Å². The average molecular weight is 400 g/mol. The standard InChI is InChI=1S/C22H22F2N2O3/c23-22(24)29-19-9-5-4-6-16(19)10-11-20(27)26-14-12-18(13-15-26)25-21(28)17-7-2-1-3-8-17/h1-11,18,22H,12-15H2,(H,25,28)/b11-10+. The lowest BCUT2D eigenvalue weighted by atomic mass is 10.0. The maximum Gasteiger partial charge on any atom is 0.387 e. The summed E-state index contributed by atoms with van der Waals surface area (Å²) in [4.78, 5) is 26.3. The van der Waals surface area contributed by atoms with Crippen LogP contribution in [0.15, 0.2) is 60.7 Å². The quantitative estimate of drug-likeness (QED) is 0.752. The fraction of sp³-hybridized carbons (Fsp3) is 0.273. The second-order valence-corrected chi connectivity index (χ2v) is 6.69. The number of rotatable bonds is 6. The predicted molar refractivity (Wildman–Crippen MR) is 106 cm³/mol. The number of carbonyl (C=O) groups excluding carboxylic acids is 2. The summed E-state index contributed by atoms with van der Waals surface area (Å²) in [5.74, 6) is -0.301. The number of hydrogen-bond acceptors (Lipinski definition) is 3. The van der Waals surface area contributed by atoms with Gasteiger partial charge in [-0.3, -0.25) is 9.59 Å². The molecule has 7 heteroatoms. The van der Waals surface area contributed by atoms with Gasteiger partial charge < -0.3 is 15.0 Å². The van der Waals surface area contributed by atoms with E-state index in [1.165, 1.54) is 18.2 Å². The summed E-state index contributed by atoms with van der Waals surface area (Å²) in [6.07, 6.45) is 4.15. The largest absolute Gasteiger partial charge is 0.434 e. The molecule has 0 atom stereocenters. The van der Waals surface area contributed by atoms with Gasteiger partial charge in [-0.25, -0.2) is 0 Å². The normalized spacial score (nSPS) is 14.9. The minimum absolute atomic E-state index is 0.0101. The van der Waals surface area contributed by atoms with Crippen LogP contribution >= 0.6 is 0 Å². The van der Waals surface area contributed by atoms with E-state index >= 15 is 0 Å². The van der Waals surface area contributed by atoms with Gasteiger partial charge in [-0.1, -0.05) is 36.4 Å². The molecule has 1 N–H and O–H groups in total. The summed E-state index contributed by atoms with van der Waals surface area (Å²) in [7, 11) is 0. The van der Waals surface area contributed by atoms with Crippen molar-refractivity contribution in [3.8, 4) is 5.75 Å². The van der Waals surface area contributed by atoms with Crippen molar-refractivity contribution >= 4 is 17.9 Å². The number of piperidine rings is 1. The van der Waals surface area contributed by atoms with Crippen LogP contribution in [0, 0.1) is 0 Å². The number of alkyl halides is 2. The Hall–Kier alpha value is -3.22. The number of hydrogen-bond donors (Lipinski definition) is 1. The van der Waals surface area contributed by atoms with Crippen molar-refractivity contribution < 1.29 is 23.1 Å². The smallest absolute Gasteiger partial charge is 0.387 e. The van der Waals surface area contributed by atoms with Gasteiger partial charge in [-0.15, -0.1) is 0 Å². The summed E-state index contributed by atoms with van der Waals surface area (Å²) in [6, 6.07) is 15.3. The van der Waals surface area contributed by atoms with E-state index in [0.717, 1.165) is 0 Å². The van der Waals surface area contributed by atoms with Crippen LogP contribution in [0.1, 0.15) is 28.8 Å². The fourth-order valence-electron chi connectivity index (χ4n) is 3.19. The number of nitrogens with zero attached hydrogens (tertiary/aromatic N) is 1. The molecule has 2 aromatic carbocycles. The van der Waals surface area contributed by atoms with Crippen molar-refractivity contribution in [2.45, 2.75) is 25.5 Å². The average Bonchev–Trinajstić information content (AvgIpc) is 2.73. The highest BCUT2D eigenvalue weighted by Crippen LogP contribution is 2.22. The summed E-state index contributed by atoms with van der Waals surface area (Å²) < 4.78 is 29.4. The number of benzene rings is 2. The lowest BCUT2D eigenvalue weighted by Crippen LogP contribution is -2.46. The van der Waals surface area contributed by atoms with Crippen molar-refractivity contribution in [2.75, 3.05) is 13.1 Å². The molecule has 1 saturated heterocycles. The summed E-state index contributed by atoms with van der Waals surface area (Å²) >= 11 is 0. The van der Waals surface area contributed by atoms with E-state index in [9.17, 15) is 18.4 Å². The molecule has 0 saturated carbocycles. The Morgan fingerprint density at radius 3 is 2.38 bits per heavy atom. The molecule has 0 bridgehead atoms. The highest BCUT2D eigenvalue weighted by Gasteiger charge is 2.23. The van der Waals surface area contributed by atoms with Crippen LogP contribution in [0.5, 0.6) is 5.75 Å². The molecule has 0 unspecified atom stereocenters. The zero-order valence-corrected chi connectivity index (χ0v) is 15.8. The summed E-state index contributed by atoms with van der Waals surface area (Å²) in [5, 5.41) is 3.00. The molecule has 0 spiro atoms. The number of likely N-dealkylation sites (tertiary alicyclic amines) is 1. The molecule has 0 aromatic heterocycles. The Morgan fingerprint density at radius 2 is 1.69 bits per heavy atom. The number of nitrogens with one attached hydrogen (secondary N) is 1. The van der Waals surface area contributed by atoms with Crippen LogP contribution < -0.4 is 10.1 Å². The van der Waals surface area contributed by atoms with Gasteiger partial charge in [0.25, 0.3) is 5.91 Å². The van der Waals surface area contributed by atoms with E-state index in [-0.39, 0.29) is 23.6 Å². The van der Waals surface area contributed by atoms with Gasteiger partial charge in [0.15, 0.2) is 0 Å². The zero-order chi connectivity index (χ0) is 20.6. The third-order valence-corrected chi connectivity index (χ3v) is 4.72. The molecule has 1 heterocycles. The number of ether oxygens (including phenoxy) is 1. The van der Waals surface area contributed by atoms with Crippen LogP contribution in [0.4, 0.5) is 8.78 Å². The van der Waals surface area contributed by atoms with E-state index in [2.05, 4.69) is 10.1 Å². The van der Waals surface area contributed by atoms with Crippen molar-refractivity contribution in [3.63, 3.8) is 0 Å².